The minimum atomic E-state index is -1.87. The van der Waals surface area contributed by atoms with Gasteiger partial charge in [-0.25, -0.2) is 0 Å². The normalized spacial score (nSPS) is 11.7. The lowest BCUT2D eigenvalue weighted by atomic mass is 10.1. The highest BCUT2D eigenvalue weighted by atomic mass is 30.1. The zero-order chi connectivity index (χ0) is 26.7. The second-order valence-electron chi connectivity index (χ2n) is 10.2. The van der Waals surface area contributed by atoms with E-state index in [9.17, 15) is 0 Å². The summed E-state index contributed by atoms with van der Waals surface area (Å²) in [5.74, 6) is 0. The Morgan fingerprint density at radius 1 is 0.351 bits per heavy atom. The summed E-state index contributed by atoms with van der Waals surface area (Å²) in [5, 5.41) is 6.39. The second kappa shape index (κ2) is 11.8. The lowest BCUT2D eigenvalue weighted by Gasteiger charge is -2.33. The predicted octanol–water partition coefficient (Wildman–Crippen LogP) is 4.01. The average molecular weight is 561 g/mol. The van der Waals surface area contributed by atoms with Gasteiger partial charge in [0.05, 0.1) is 36.1 Å². The summed E-state index contributed by atoms with van der Waals surface area (Å²) in [6, 6.07) is 28.0. The van der Waals surface area contributed by atoms with Gasteiger partial charge in [0.25, 0.3) is 0 Å². The highest BCUT2D eigenvalue weighted by molar-refractivity contribution is 7.90. The molecular formula is C32H36Si5. The van der Waals surface area contributed by atoms with Gasteiger partial charge >= 0.3 is 0 Å². The van der Waals surface area contributed by atoms with Gasteiger partial charge < -0.3 is 0 Å². The van der Waals surface area contributed by atoms with Crippen LogP contribution in [0.5, 0.6) is 0 Å². The van der Waals surface area contributed by atoms with Crippen molar-refractivity contribution >= 4 is 63.0 Å². The van der Waals surface area contributed by atoms with Crippen LogP contribution in [0.3, 0.4) is 0 Å². The molecule has 4 aromatic rings. The van der Waals surface area contributed by atoms with Crippen LogP contribution in [0, 0.1) is 55.4 Å². The van der Waals surface area contributed by atoms with Crippen molar-refractivity contribution in [3.8, 4) is 0 Å². The van der Waals surface area contributed by atoms with Crippen LogP contribution >= 0.6 is 0 Å². The van der Waals surface area contributed by atoms with Crippen molar-refractivity contribution in [2.24, 2.45) is 0 Å². The Morgan fingerprint density at radius 3 is 0.784 bits per heavy atom. The molecule has 8 radical (unpaired) electrons. The smallest absolute Gasteiger partial charge is 0.0629 e. The van der Waals surface area contributed by atoms with E-state index >= 15 is 0 Å². The first-order chi connectivity index (χ1) is 17.6. The summed E-state index contributed by atoms with van der Waals surface area (Å²) in [5.41, 5.74) is 11.7. The van der Waals surface area contributed by atoms with Crippen LogP contribution in [0.2, 0.25) is 0 Å². The van der Waals surface area contributed by atoms with Gasteiger partial charge in [0.2, 0.25) is 0 Å². The molecule has 0 aromatic heterocycles. The quantitative estimate of drug-likeness (QED) is 0.286. The summed E-state index contributed by atoms with van der Waals surface area (Å²) in [7, 11) is 3.57. The first-order valence-electron chi connectivity index (χ1n) is 13.0. The third-order valence-electron chi connectivity index (χ3n) is 7.71. The van der Waals surface area contributed by atoms with Crippen molar-refractivity contribution in [3.63, 3.8) is 0 Å². The van der Waals surface area contributed by atoms with Gasteiger partial charge in [-0.15, -0.1) is 0 Å². The van der Waals surface area contributed by atoms with Crippen molar-refractivity contribution in [3.05, 3.63) is 117 Å². The molecule has 0 saturated carbocycles. The third-order valence-corrected chi connectivity index (χ3v) is 33.7. The first kappa shape index (κ1) is 28.0. The van der Waals surface area contributed by atoms with Crippen LogP contribution < -0.4 is 20.7 Å². The van der Waals surface area contributed by atoms with Crippen LogP contribution in [-0.2, 0) is 0 Å². The Kier molecular flexibility index (Phi) is 8.91. The van der Waals surface area contributed by atoms with Crippen molar-refractivity contribution in [2.75, 3.05) is 0 Å². The Balaban J connectivity index is 1.94. The number of hydrogen-bond donors (Lipinski definition) is 0. The van der Waals surface area contributed by atoms with Gasteiger partial charge in [0.1, 0.15) is 0 Å². The van der Waals surface area contributed by atoms with E-state index in [1.807, 2.05) is 0 Å². The maximum absolute atomic E-state index is 2.43. The van der Waals surface area contributed by atoms with E-state index in [-0.39, 0.29) is 0 Å². The molecule has 4 rings (SSSR count). The maximum atomic E-state index is 2.43. The van der Waals surface area contributed by atoms with E-state index in [2.05, 4.69) is 128 Å². The van der Waals surface area contributed by atoms with Crippen LogP contribution in [-0.4, -0.2) is 42.3 Å². The summed E-state index contributed by atoms with van der Waals surface area (Å²) in [6.07, 6.45) is -1.87. The number of rotatable bonds is 8. The minimum absolute atomic E-state index is 0.893. The van der Waals surface area contributed by atoms with Crippen LogP contribution in [0.4, 0.5) is 0 Å². The molecule has 5 heteroatoms. The molecule has 0 N–H and O–H groups in total. The molecule has 37 heavy (non-hydrogen) atoms. The van der Waals surface area contributed by atoms with E-state index in [1.54, 1.807) is 20.7 Å². The Morgan fingerprint density at radius 2 is 0.568 bits per heavy atom. The molecule has 0 nitrogen and oxygen atoms in total. The maximum Gasteiger partial charge on any atom is 0.0629 e. The molecule has 0 unspecified atom stereocenters. The molecule has 0 aliphatic heterocycles. The molecule has 0 saturated heterocycles. The van der Waals surface area contributed by atoms with Gasteiger partial charge in [-0.2, -0.15) is 0 Å². The van der Waals surface area contributed by atoms with Crippen LogP contribution in [0.1, 0.15) is 44.5 Å². The molecule has 0 atom stereocenters. The third kappa shape index (κ3) is 6.34. The molecule has 0 spiro atoms. The molecule has 0 amide bonds. The fourth-order valence-corrected chi connectivity index (χ4v) is 35.9. The number of hydrogen-bond acceptors (Lipinski definition) is 0. The molecular weight excluding hydrogens is 525 g/mol. The molecule has 0 heterocycles. The minimum Gasteiger partial charge on any atom is -0.0649 e. The van der Waals surface area contributed by atoms with E-state index < -0.39 is 6.14 Å². The SMILES string of the molecule is Cc1cccc([Si][Si]([Si]c2cccc(C)c2C)([Si]c2cccc(C)c2C)[Si]c2cccc(C)c2C)c1C. The molecule has 0 bridgehead atoms. The first-order valence-corrected chi connectivity index (χ1v) is 23.0. The number of aryl methyl sites for hydroxylation is 4. The van der Waals surface area contributed by atoms with Gasteiger partial charge in [-0.05, 0) is 99.9 Å². The van der Waals surface area contributed by atoms with Crippen LogP contribution in [0.15, 0.2) is 72.8 Å². The topological polar surface area (TPSA) is 0 Å². The Labute approximate surface area is 234 Å². The molecule has 0 aliphatic rings. The molecule has 4 aromatic carbocycles. The van der Waals surface area contributed by atoms with Crippen molar-refractivity contribution in [2.45, 2.75) is 55.4 Å². The highest BCUT2D eigenvalue weighted by Crippen LogP contribution is 2.12. The van der Waals surface area contributed by atoms with Crippen molar-refractivity contribution in [1.29, 1.82) is 0 Å². The molecule has 184 valence electrons. The lowest BCUT2D eigenvalue weighted by molar-refractivity contribution is 1.37. The van der Waals surface area contributed by atoms with Gasteiger partial charge in [0.15, 0.2) is 0 Å². The lowest BCUT2D eigenvalue weighted by Crippen LogP contribution is -2.71. The zero-order valence-corrected chi connectivity index (χ0v) is 28.4. The van der Waals surface area contributed by atoms with Gasteiger partial charge in [-0.1, -0.05) is 93.5 Å². The van der Waals surface area contributed by atoms with Gasteiger partial charge in [0, 0.05) is 6.14 Å². The number of benzene rings is 4. The van der Waals surface area contributed by atoms with E-state index in [1.165, 1.54) is 44.5 Å². The van der Waals surface area contributed by atoms with Crippen molar-refractivity contribution < 1.29 is 0 Å². The summed E-state index contributed by atoms with van der Waals surface area (Å²) in [4.78, 5) is 0. The second-order valence-corrected chi connectivity index (χ2v) is 35.9. The monoisotopic (exact) mass is 560 g/mol. The highest BCUT2D eigenvalue weighted by Gasteiger charge is 2.38. The Bertz CT molecular complexity index is 1200. The zero-order valence-electron chi connectivity index (χ0n) is 23.4. The molecule has 0 fully saturated rings. The molecule has 0 aliphatic carbocycles. The van der Waals surface area contributed by atoms with E-state index in [0.717, 1.165) is 36.1 Å². The fourth-order valence-electron chi connectivity index (χ4n) is 4.54. The Hall–Kier alpha value is -2.04. The standard InChI is InChI=1S/C32H36Si5/c1-21-13-9-17-29(25(21)5)33-37(34-30-18-10-14-22(2)26(30)6,35-31-19-11-15-23(3)27(31)7)36-32-20-12-16-24(4)28(32)8/h9-20H,1-8H3. The van der Waals surface area contributed by atoms with Gasteiger partial charge in [-0.3, -0.25) is 0 Å². The summed E-state index contributed by atoms with van der Waals surface area (Å²) in [6.45, 7) is 18.5. The van der Waals surface area contributed by atoms with E-state index in [0.29, 0.717) is 0 Å². The van der Waals surface area contributed by atoms with Crippen molar-refractivity contribution in [1.82, 2.24) is 0 Å². The predicted molar refractivity (Wildman–Crippen MR) is 171 cm³/mol. The van der Waals surface area contributed by atoms with Crippen LogP contribution in [0.25, 0.3) is 0 Å². The van der Waals surface area contributed by atoms with E-state index in [4.69, 9.17) is 0 Å². The average Bonchev–Trinajstić information content (AvgIpc) is 2.86. The largest absolute Gasteiger partial charge is 0.0649 e. The summed E-state index contributed by atoms with van der Waals surface area (Å²) < 4.78 is 0. The summed E-state index contributed by atoms with van der Waals surface area (Å²) >= 11 is 0. The fraction of sp³-hybridized carbons (Fsp3) is 0.250.